The van der Waals surface area contributed by atoms with Crippen LogP contribution in [0.3, 0.4) is 0 Å². The van der Waals surface area contributed by atoms with Gasteiger partial charge >= 0.3 is 0 Å². The molecule has 0 aliphatic heterocycles. The van der Waals surface area contributed by atoms with Crippen molar-refractivity contribution in [3.05, 3.63) is 77.9 Å². The van der Waals surface area contributed by atoms with Crippen molar-refractivity contribution >= 4 is 34.2 Å². The van der Waals surface area contributed by atoms with Crippen LogP contribution in [0.5, 0.6) is 0 Å². The Morgan fingerprint density at radius 1 is 0.759 bits per heavy atom. The van der Waals surface area contributed by atoms with E-state index < -0.39 is 10.0 Å². The van der Waals surface area contributed by atoms with Crippen molar-refractivity contribution in [2.24, 2.45) is 0 Å². The lowest BCUT2D eigenvalue weighted by Crippen LogP contribution is -2.09. The van der Waals surface area contributed by atoms with Crippen LogP contribution in [0.1, 0.15) is 11.1 Å². The molecule has 3 aromatic carbocycles. The van der Waals surface area contributed by atoms with E-state index >= 15 is 0 Å². The molecule has 1 nitrogen and oxygen atoms in total. The number of rotatable bonds is 3. The fourth-order valence-corrected chi connectivity index (χ4v) is 4.88. The second kappa shape index (κ2) is 7.38. The smallest absolute Gasteiger partial charge is 0.141 e. The highest BCUT2D eigenvalue weighted by Crippen LogP contribution is 2.46. The molecule has 0 amide bonds. The Morgan fingerprint density at radius 2 is 1.38 bits per heavy atom. The Hall–Kier alpha value is -2.52. The van der Waals surface area contributed by atoms with Crippen LogP contribution in [0, 0.1) is 13.8 Å². The maximum atomic E-state index is 6.18. The van der Waals surface area contributed by atoms with Crippen molar-refractivity contribution in [1.29, 1.82) is 0 Å². The van der Waals surface area contributed by atoms with Gasteiger partial charge in [0, 0.05) is 10.9 Å². The van der Waals surface area contributed by atoms with E-state index in [1.165, 1.54) is 27.1 Å². The third kappa shape index (κ3) is 3.84. The number of hydrogen-bond acceptors (Lipinski definition) is 1. The molecule has 2 radical (unpaired) electrons. The van der Waals surface area contributed by atoms with Crippen LogP contribution in [0.15, 0.2) is 71.6 Å². The van der Waals surface area contributed by atoms with Crippen LogP contribution in [0.2, 0.25) is 0 Å². The molecular formula is C26H26BNS. The highest BCUT2D eigenvalue weighted by atomic mass is 32.3. The fourth-order valence-electron chi connectivity index (χ4n) is 3.92. The number of aromatic nitrogens is 1. The number of pyridine rings is 1. The van der Waals surface area contributed by atoms with Crippen LogP contribution in [-0.2, 0) is 0 Å². The first-order valence-corrected chi connectivity index (χ1v) is 12.7. The van der Waals surface area contributed by atoms with E-state index in [0.717, 1.165) is 22.0 Å². The van der Waals surface area contributed by atoms with Gasteiger partial charge < -0.3 is 0 Å². The van der Waals surface area contributed by atoms with Gasteiger partial charge in [-0.25, -0.2) is 10.0 Å². The molecule has 0 N–H and O–H groups in total. The van der Waals surface area contributed by atoms with Gasteiger partial charge in [-0.3, -0.25) is 4.98 Å². The van der Waals surface area contributed by atoms with E-state index in [1.807, 2.05) is 6.07 Å². The molecule has 4 aromatic rings. The van der Waals surface area contributed by atoms with Crippen molar-refractivity contribution in [3.63, 3.8) is 0 Å². The lowest BCUT2D eigenvalue weighted by atomic mass is 9.93. The highest BCUT2D eigenvalue weighted by molar-refractivity contribution is 8.32. The summed E-state index contributed by atoms with van der Waals surface area (Å²) in [6.45, 7) is 4.33. The average Bonchev–Trinajstić information content (AvgIpc) is 2.66. The predicted molar refractivity (Wildman–Crippen MR) is 131 cm³/mol. The van der Waals surface area contributed by atoms with Crippen LogP contribution >= 0.6 is 10.0 Å². The summed E-state index contributed by atoms with van der Waals surface area (Å²) in [5.41, 5.74) is 7.73. The highest BCUT2D eigenvalue weighted by Gasteiger charge is 2.13. The minimum absolute atomic E-state index is 0.562. The van der Waals surface area contributed by atoms with Crippen LogP contribution in [0.4, 0.5) is 0 Å². The summed E-state index contributed by atoms with van der Waals surface area (Å²) in [5.74, 6) is 0. The van der Waals surface area contributed by atoms with Gasteiger partial charge in [-0.15, -0.1) is 0 Å². The molecule has 0 fully saturated rings. The molecule has 0 aliphatic carbocycles. The van der Waals surface area contributed by atoms with Crippen LogP contribution in [-0.4, -0.2) is 31.6 Å². The van der Waals surface area contributed by atoms with Gasteiger partial charge in [0.15, 0.2) is 0 Å². The third-order valence-electron chi connectivity index (χ3n) is 5.46. The Bertz CT molecular complexity index is 1180. The number of aryl methyl sites for hydroxylation is 2. The summed E-state index contributed by atoms with van der Waals surface area (Å²) >= 11 is 0. The van der Waals surface area contributed by atoms with E-state index in [-0.39, 0.29) is 0 Å². The number of nitrogens with zero attached hydrogens (tertiary/aromatic N) is 1. The molecule has 1 aromatic heterocycles. The van der Waals surface area contributed by atoms with Gasteiger partial charge in [0.2, 0.25) is 0 Å². The summed E-state index contributed by atoms with van der Waals surface area (Å²) in [4.78, 5) is 6.07. The van der Waals surface area contributed by atoms with Gasteiger partial charge in [0.1, 0.15) is 7.85 Å². The lowest BCUT2D eigenvalue weighted by Gasteiger charge is -2.26. The minimum atomic E-state index is -0.790. The zero-order chi connectivity index (χ0) is 20.8. The Labute approximate surface area is 176 Å². The molecule has 0 atom stereocenters. The van der Waals surface area contributed by atoms with Crippen molar-refractivity contribution in [1.82, 2.24) is 4.98 Å². The van der Waals surface area contributed by atoms with Crippen molar-refractivity contribution in [2.75, 3.05) is 18.8 Å². The van der Waals surface area contributed by atoms with Crippen LogP contribution < -0.4 is 5.59 Å². The second-order valence-corrected chi connectivity index (χ2v) is 12.6. The van der Waals surface area contributed by atoms with E-state index in [9.17, 15) is 0 Å². The maximum absolute atomic E-state index is 6.18. The molecule has 4 rings (SSSR count). The van der Waals surface area contributed by atoms with E-state index in [2.05, 4.69) is 98.3 Å². The first-order chi connectivity index (χ1) is 13.7. The summed E-state index contributed by atoms with van der Waals surface area (Å²) < 4.78 is 0. The Morgan fingerprint density at radius 3 is 2.00 bits per heavy atom. The average molecular weight is 395 g/mol. The van der Waals surface area contributed by atoms with Crippen molar-refractivity contribution < 1.29 is 0 Å². The van der Waals surface area contributed by atoms with Gasteiger partial charge in [-0.2, -0.15) is 0 Å². The van der Waals surface area contributed by atoms with Gasteiger partial charge in [-0.1, -0.05) is 48.5 Å². The Kier molecular flexibility index (Phi) is 5.04. The molecule has 0 saturated carbocycles. The molecule has 29 heavy (non-hydrogen) atoms. The molecule has 0 saturated heterocycles. The van der Waals surface area contributed by atoms with Crippen molar-refractivity contribution in [3.8, 4) is 22.4 Å². The minimum Gasteiger partial charge on any atom is -0.264 e. The molecule has 1 heterocycles. The summed E-state index contributed by atoms with van der Waals surface area (Å²) in [7, 11) is 5.39. The zero-order valence-electron chi connectivity index (χ0n) is 17.8. The zero-order valence-corrected chi connectivity index (χ0v) is 18.6. The molecule has 0 aliphatic rings. The monoisotopic (exact) mass is 395 g/mol. The Balaban J connectivity index is 1.83. The number of benzene rings is 3. The van der Waals surface area contributed by atoms with E-state index in [4.69, 9.17) is 7.85 Å². The largest absolute Gasteiger partial charge is 0.264 e. The van der Waals surface area contributed by atoms with Gasteiger partial charge in [0.25, 0.3) is 0 Å². The first-order valence-electron chi connectivity index (χ1n) is 9.80. The molecule has 144 valence electrons. The topological polar surface area (TPSA) is 12.9 Å². The number of hydrogen-bond donors (Lipinski definition) is 0. The second-order valence-electron chi connectivity index (χ2n) is 8.46. The molecular weight excluding hydrogens is 369 g/mol. The van der Waals surface area contributed by atoms with Crippen LogP contribution in [0.25, 0.3) is 33.2 Å². The first kappa shape index (κ1) is 19.8. The lowest BCUT2D eigenvalue weighted by molar-refractivity contribution is 1.37. The van der Waals surface area contributed by atoms with E-state index in [1.54, 1.807) is 0 Å². The normalized spacial score (nSPS) is 12.3. The van der Waals surface area contributed by atoms with Gasteiger partial charge in [-0.05, 0) is 88.9 Å². The molecule has 0 unspecified atom stereocenters. The van der Waals surface area contributed by atoms with Crippen molar-refractivity contribution in [2.45, 2.75) is 18.7 Å². The third-order valence-corrected chi connectivity index (χ3v) is 7.13. The number of fused-ring (bicyclic) bond motifs is 1. The SMILES string of the molecule is [B]c1cc2cc(S(C)(C)C)ccc2c(-c2ccc(-c3c(C)cccc3C)cc2)n1. The summed E-state index contributed by atoms with van der Waals surface area (Å²) in [6.07, 6.45) is 6.93. The van der Waals surface area contributed by atoms with E-state index in [0.29, 0.717) is 5.59 Å². The van der Waals surface area contributed by atoms with Gasteiger partial charge in [0.05, 0.1) is 5.69 Å². The molecule has 0 bridgehead atoms. The molecule has 0 spiro atoms. The summed E-state index contributed by atoms with van der Waals surface area (Å²) in [5, 5.41) is 2.30. The predicted octanol–water partition coefficient (Wildman–Crippen LogP) is 6.03. The maximum Gasteiger partial charge on any atom is 0.141 e. The quantitative estimate of drug-likeness (QED) is 0.386. The standard InChI is InChI=1S/C26H26BNS/c1-17-7-6-8-18(2)25(17)19-9-11-20(12-10-19)26-23-14-13-22(29(3,4)5)15-21(23)16-24(27)28-26/h6-16H,1-5H3. The fraction of sp³-hybridized carbons (Fsp3) is 0.192. The summed E-state index contributed by atoms with van der Waals surface area (Å²) in [6, 6.07) is 23.8. The molecule has 3 heteroatoms.